The van der Waals surface area contributed by atoms with Crippen LogP contribution in [-0.4, -0.2) is 18.2 Å². The fourth-order valence-electron chi connectivity index (χ4n) is 1.96. The summed E-state index contributed by atoms with van der Waals surface area (Å²) >= 11 is 0. The fourth-order valence-corrected chi connectivity index (χ4v) is 1.96. The lowest BCUT2D eigenvalue weighted by Crippen LogP contribution is -2.24. The number of hydrogen-bond acceptors (Lipinski definition) is 4. The van der Waals surface area contributed by atoms with Crippen molar-refractivity contribution in [2.24, 2.45) is 0 Å². The molecule has 0 radical (unpaired) electrons. The lowest BCUT2D eigenvalue weighted by Gasteiger charge is -2.18. The van der Waals surface area contributed by atoms with Crippen LogP contribution in [0.15, 0.2) is 0 Å². The average Bonchev–Trinajstić information content (AvgIpc) is 2.45. The molecule has 4 heteroatoms. The first-order valence-corrected chi connectivity index (χ1v) is 8.52. The summed E-state index contributed by atoms with van der Waals surface area (Å²) in [5.74, 6) is -0.517. The van der Waals surface area contributed by atoms with E-state index in [4.69, 9.17) is 9.47 Å². The molecule has 0 aliphatic heterocycles. The normalized spacial score (nSPS) is 10.7. The predicted molar refractivity (Wildman–Crippen MR) is 83.8 cm³/mol. The third-order valence-corrected chi connectivity index (χ3v) is 3.29. The van der Waals surface area contributed by atoms with Crippen molar-refractivity contribution < 1.29 is 19.1 Å². The Hall–Kier alpha value is -1.06. The van der Waals surface area contributed by atoms with E-state index in [0.717, 1.165) is 51.4 Å². The molecular formula is C17H32O4. The van der Waals surface area contributed by atoms with E-state index in [-0.39, 0.29) is 11.9 Å². The van der Waals surface area contributed by atoms with E-state index in [2.05, 4.69) is 20.8 Å². The molecule has 0 N–H and O–H groups in total. The van der Waals surface area contributed by atoms with Gasteiger partial charge in [0.1, 0.15) is 0 Å². The van der Waals surface area contributed by atoms with E-state index in [1.807, 2.05) is 0 Å². The largest absolute Gasteiger partial charge is 0.425 e. The van der Waals surface area contributed by atoms with Gasteiger partial charge in [-0.2, -0.15) is 0 Å². The van der Waals surface area contributed by atoms with Crippen molar-refractivity contribution in [2.45, 2.75) is 97.7 Å². The summed E-state index contributed by atoms with van der Waals surface area (Å²) in [6.45, 7) is 6.24. The van der Waals surface area contributed by atoms with Crippen LogP contribution in [0.3, 0.4) is 0 Å². The van der Waals surface area contributed by atoms with Crippen molar-refractivity contribution in [1.82, 2.24) is 0 Å². The molecule has 0 fully saturated rings. The molecule has 4 nitrogen and oxygen atoms in total. The molecule has 0 spiro atoms. The first-order chi connectivity index (χ1) is 10.1. The zero-order valence-corrected chi connectivity index (χ0v) is 14.0. The summed E-state index contributed by atoms with van der Waals surface area (Å²) in [5, 5.41) is 0. The summed E-state index contributed by atoms with van der Waals surface area (Å²) in [6.07, 6.45) is 8.42. The van der Waals surface area contributed by atoms with Crippen LogP contribution in [0.2, 0.25) is 0 Å². The molecule has 0 atom stereocenters. The Morgan fingerprint density at radius 3 is 1.52 bits per heavy atom. The van der Waals surface area contributed by atoms with Gasteiger partial charge >= 0.3 is 11.9 Å². The maximum atomic E-state index is 11.7. The summed E-state index contributed by atoms with van der Waals surface area (Å²) in [7, 11) is 0. The lowest BCUT2D eigenvalue weighted by atomic mass is 10.2. The molecule has 0 aliphatic rings. The van der Waals surface area contributed by atoms with E-state index in [0.29, 0.717) is 19.3 Å². The van der Waals surface area contributed by atoms with Gasteiger partial charge in [-0.15, -0.1) is 0 Å². The SMILES string of the molecule is CCCCCC(=O)OC(CCCC)OC(=O)CCCCC. The van der Waals surface area contributed by atoms with Crippen LogP contribution < -0.4 is 0 Å². The molecule has 0 rings (SSSR count). The quantitative estimate of drug-likeness (QED) is 0.280. The van der Waals surface area contributed by atoms with Crippen molar-refractivity contribution in [1.29, 1.82) is 0 Å². The van der Waals surface area contributed by atoms with Crippen LogP contribution in [0.1, 0.15) is 91.4 Å². The zero-order valence-electron chi connectivity index (χ0n) is 14.0. The number of carbonyl (C=O) groups is 2. The van der Waals surface area contributed by atoms with Crippen LogP contribution in [0.5, 0.6) is 0 Å². The maximum absolute atomic E-state index is 11.7. The molecule has 124 valence electrons. The van der Waals surface area contributed by atoms with Gasteiger partial charge in [-0.3, -0.25) is 9.59 Å². The Morgan fingerprint density at radius 1 is 0.714 bits per heavy atom. The smallest absolute Gasteiger partial charge is 0.308 e. The van der Waals surface area contributed by atoms with Crippen molar-refractivity contribution in [3.05, 3.63) is 0 Å². The highest BCUT2D eigenvalue weighted by atomic mass is 16.7. The first-order valence-electron chi connectivity index (χ1n) is 8.52. The Labute approximate surface area is 129 Å². The Morgan fingerprint density at radius 2 is 1.14 bits per heavy atom. The number of esters is 2. The van der Waals surface area contributed by atoms with Gasteiger partial charge in [0.2, 0.25) is 6.29 Å². The number of hydrogen-bond donors (Lipinski definition) is 0. The van der Waals surface area contributed by atoms with Gasteiger partial charge in [-0.1, -0.05) is 52.9 Å². The maximum Gasteiger partial charge on any atom is 0.308 e. The minimum atomic E-state index is -0.701. The van der Waals surface area contributed by atoms with E-state index >= 15 is 0 Å². The molecule has 0 aromatic rings. The average molecular weight is 300 g/mol. The molecule has 0 aromatic heterocycles. The highest BCUT2D eigenvalue weighted by molar-refractivity contribution is 5.71. The van der Waals surface area contributed by atoms with Crippen molar-refractivity contribution in [2.75, 3.05) is 0 Å². The van der Waals surface area contributed by atoms with Crippen LogP contribution in [0, 0.1) is 0 Å². The van der Waals surface area contributed by atoms with E-state index < -0.39 is 6.29 Å². The van der Waals surface area contributed by atoms with E-state index in [1.54, 1.807) is 0 Å². The number of ether oxygens (including phenoxy) is 2. The summed E-state index contributed by atoms with van der Waals surface area (Å²) in [4.78, 5) is 23.4. The second kappa shape index (κ2) is 13.9. The summed E-state index contributed by atoms with van der Waals surface area (Å²) < 4.78 is 10.6. The first kappa shape index (κ1) is 19.9. The Kier molecular flexibility index (Phi) is 13.2. The van der Waals surface area contributed by atoms with Crippen molar-refractivity contribution >= 4 is 11.9 Å². The second-order valence-corrected chi connectivity index (χ2v) is 5.47. The molecule has 0 aliphatic carbocycles. The Balaban J connectivity index is 4.11. The molecule has 0 unspecified atom stereocenters. The third kappa shape index (κ3) is 12.4. The van der Waals surface area contributed by atoms with Crippen LogP contribution in [0.4, 0.5) is 0 Å². The molecule has 0 bridgehead atoms. The standard InChI is InChI=1S/C17H32O4/c1-4-7-10-12-15(18)20-17(14-9-6-3)21-16(19)13-11-8-5-2/h17H,4-14H2,1-3H3. The Bertz CT molecular complexity index is 252. The molecular weight excluding hydrogens is 268 g/mol. The van der Waals surface area contributed by atoms with Gasteiger partial charge in [0.25, 0.3) is 0 Å². The van der Waals surface area contributed by atoms with Crippen molar-refractivity contribution in [3.8, 4) is 0 Å². The van der Waals surface area contributed by atoms with Crippen LogP contribution in [0.25, 0.3) is 0 Å². The highest BCUT2D eigenvalue weighted by Crippen LogP contribution is 2.12. The predicted octanol–water partition coefficient (Wildman–Crippen LogP) is 4.75. The molecule has 0 amide bonds. The lowest BCUT2D eigenvalue weighted by molar-refractivity contribution is -0.189. The van der Waals surface area contributed by atoms with Crippen LogP contribution in [-0.2, 0) is 19.1 Å². The zero-order chi connectivity index (χ0) is 15.9. The summed E-state index contributed by atoms with van der Waals surface area (Å²) in [5.41, 5.74) is 0. The van der Waals surface area contributed by atoms with E-state index in [1.165, 1.54) is 0 Å². The summed E-state index contributed by atoms with van der Waals surface area (Å²) in [6, 6.07) is 0. The fraction of sp³-hybridized carbons (Fsp3) is 0.882. The highest BCUT2D eigenvalue weighted by Gasteiger charge is 2.18. The van der Waals surface area contributed by atoms with Crippen LogP contribution >= 0.6 is 0 Å². The van der Waals surface area contributed by atoms with Gasteiger partial charge in [0.15, 0.2) is 0 Å². The molecule has 21 heavy (non-hydrogen) atoms. The van der Waals surface area contributed by atoms with Crippen molar-refractivity contribution in [3.63, 3.8) is 0 Å². The van der Waals surface area contributed by atoms with Gasteiger partial charge in [0, 0.05) is 19.3 Å². The number of carbonyl (C=O) groups excluding carboxylic acids is 2. The van der Waals surface area contributed by atoms with Gasteiger partial charge in [0.05, 0.1) is 0 Å². The van der Waals surface area contributed by atoms with Gasteiger partial charge in [-0.25, -0.2) is 0 Å². The second-order valence-electron chi connectivity index (χ2n) is 5.47. The monoisotopic (exact) mass is 300 g/mol. The van der Waals surface area contributed by atoms with Gasteiger partial charge in [-0.05, 0) is 19.3 Å². The number of unbranched alkanes of at least 4 members (excludes halogenated alkanes) is 5. The minimum Gasteiger partial charge on any atom is -0.425 e. The van der Waals surface area contributed by atoms with E-state index in [9.17, 15) is 9.59 Å². The molecule has 0 aromatic carbocycles. The van der Waals surface area contributed by atoms with Gasteiger partial charge < -0.3 is 9.47 Å². The molecule has 0 saturated heterocycles. The minimum absolute atomic E-state index is 0.258. The molecule has 0 saturated carbocycles. The third-order valence-electron chi connectivity index (χ3n) is 3.29. The topological polar surface area (TPSA) is 52.6 Å². The number of rotatable bonds is 13. The molecule has 0 heterocycles.